The van der Waals surface area contributed by atoms with Crippen LogP contribution in [0.25, 0.3) is 0 Å². The molecule has 0 fully saturated rings. The topological polar surface area (TPSA) is 63.6 Å². The Bertz CT molecular complexity index is 716. The minimum Gasteiger partial charge on any atom is -0.384 e. The van der Waals surface area contributed by atoms with Crippen molar-refractivity contribution in [2.75, 3.05) is 0 Å². The minimum atomic E-state index is -3.85. The maximum Gasteiger partial charge on any atom is 0.339 e. The highest BCUT2D eigenvalue weighted by atomic mass is 32.2. The molecule has 0 radical (unpaired) electrons. The number of hydrogen-bond donors (Lipinski definition) is 1. The molecule has 5 heteroatoms. The van der Waals surface area contributed by atoms with Crippen LogP contribution in [0.1, 0.15) is 17.2 Å². The molecule has 0 amide bonds. The number of hydrogen-bond acceptors (Lipinski definition) is 4. The fourth-order valence-corrected chi connectivity index (χ4v) is 2.67. The van der Waals surface area contributed by atoms with Gasteiger partial charge in [0.2, 0.25) is 0 Å². The lowest BCUT2D eigenvalue weighted by atomic mass is 10.1. The van der Waals surface area contributed by atoms with Crippen molar-refractivity contribution in [3.63, 3.8) is 0 Å². The van der Waals surface area contributed by atoms with Crippen molar-refractivity contribution < 1.29 is 17.7 Å². The summed E-state index contributed by atoms with van der Waals surface area (Å²) in [4.78, 5) is 0.100. The molecular weight excluding hydrogens is 288 g/mol. The van der Waals surface area contributed by atoms with Crippen LogP contribution in [0.3, 0.4) is 0 Å². The second kappa shape index (κ2) is 6.11. The van der Waals surface area contributed by atoms with Gasteiger partial charge in [0, 0.05) is 0 Å². The number of aliphatic hydroxyl groups excluding tert-OH is 1. The Morgan fingerprint density at radius 3 is 2.19 bits per heavy atom. The maximum atomic E-state index is 12.1. The first-order chi connectivity index (χ1) is 9.92. The molecule has 110 valence electrons. The summed E-state index contributed by atoms with van der Waals surface area (Å²) in [7, 11) is -3.85. The van der Waals surface area contributed by atoms with E-state index in [2.05, 4.69) is 6.58 Å². The predicted octanol–water partition coefficient (Wildman–Crippen LogP) is 2.98. The van der Waals surface area contributed by atoms with Gasteiger partial charge in [0.25, 0.3) is 0 Å². The van der Waals surface area contributed by atoms with Crippen LogP contribution in [0.4, 0.5) is 0 Å². The van der Waals surface area contributed by atoms with Gasteiger partial charge in [0.05, 0.1) is 6.10 Å². The lowest BCUT2D eigenvalue weighted by Crippen LogP contribution is -2.09. The molecule has 0 bridgehead atoms. The number of benzene rings is 2. The largest absolute Gasteiger partial charge is 0.384 e. The van der Waals surface area contributed by atoms with E-state index in [9.17, 15) is 13.5 Å². The molecule has 0 unspecified atom stereocenters. The highest BCUT2D eigenvalue weighted by molar-refractivity contribution is 7.87. The summed E-state index contributed by atoms with van der Waals surface area (Å²) in [5.74, 6) is 0.190. The molecule has 1 atom stereocenters. The van der Waals surface area contributed by atoms with Crippen molar-refractivity contribution >= 4 is 10.1 Å². The van der Waals surface area contributed by atoms with Gasteiger partial charge in [-0.15, -0.1) is 6.58 Å². The van der Waals surface area contributed by atoms with Gasteiger partial charge in [-0.25, -0.2) is 0 Å². The second-order valence-electron chi connectivity index (χ2n) is 4.60. The summed E-state index contributed by atoms with van der Waals surface area (Å²) in [6.07, 6.45) is 0.603. The Balaban J connectivity index is 2.20. The Hall–Kier alpha value is -2.11. The Morgan fingerprint density at radius 1 is 1.10 bits per heavy atom. The van der Waals surface area contributed by atoms with Crippen molar-refractivity contribution in [3.8, 4) is 5.75 Å². The molecule has 0 saturated heterocycles. The Labute approximate surface area is 124 Å². The quantitative estimate of drug-likeness (QED) is 0.681. The molecule has 0 aliphatic heterocycles. The standard InChI is InChI=1S/C16H16O4S/c1-3-16(17)13-6-8-14(9-7-13)20-21(18,19)15-10-4-12(2)5-11-15/h3-11,16-17H,1H2,2H3/t16-/m0/s1. The first-order valence-corrected chi connectivity index (χ1v) is 7.75. The molecule has 2 aromatic rings. The molecule has 0 aliphatic carbocycles. The molecule has 2 rings (SSSR count). The molecule has 21 heavy (non-hydrogen) atoms. The zero-order valence-electron chi connectivity index (χ0n) is 11.6. The Morgan fingerprint density at radius 2 is 1.67 bits per heavy atom. The fraction of sp³-hybridized carbons (Fsp3) is 0.125. The van der Waals surface area contributed by atoms with Gasteiger partial charge in [-0.2, -0.15) is 8.42 Å². The molecule has 0 saturated carbocycles. The molecule has 4 nitrogen and oxygen atoms in total. The predicted molar refractivity (Wildman–Crippen MR) is 80.6 cm³/mol. The van der Waals surface area contributed by atoms with E-state index in [1.807, 2.05) is 6.92 Å². The van der Waals surface area contributed by atoms with Crippen LogP contribution >= 0.6 is 0 Å². The molecule has 0 aromatic heterocycles. The van der Waals surface area contributed by atoms with Gasteiger partial charge in [-0.05, 0) is 36.8 Å². The average molecular weight is 304 g/mol. The average Bonchev–Trinajstić information content (AvgIpc) is 2.47. The van der Waals surface area contributed by atoms with Crippen molar-refractivity contribution in [3.05, 3.63) is 72.3 Å². The molecule has 2 aromatic carbocycles. The molecule has 0 heterocycles. The van der Waals surface area contributed by atoms with Crippen molar-refractivity contribution in [2.45, 2.75) is 17.9 Å². The van der Waals surface area contributed by atoms with Crippen molar-refractivity contribution in [1.29, 1.82) is 0 Å². The van der Waals surface area contributed by atoms with Crippen LogP contribution in [0.15, 0.2) is 66.1 Å². The van der Waals surface area contributed by atoms with Crippen LogP contribution in [0, 0.1) is 6.92 Å². The van der Waals surface area contributed by atoms with E-state index >= 15 is 0 Å². The Kier molecular flexibility index (Phi) is 4.45. The van der Waals surface area contributed by atoms with Crippen molar-refractivity contribution in [1.82, 2.24) is 0 Å². The van der Waals surface area contributed by atoms with E-state index in [4.69, 9.17) is 4.18 Å². The summed E-state index contributed by atoms with van der Waals surface area (Å²) in [6.45, 7) is 5.36. The van der Waals surface area contributed by atoms with Gasteiger partial charge in [0.15, 0.2) is 0 Å². The summed E-state index contributed by atoms with van der Waals surface area (Å²) < 4.78 is 29.3. The fourth-order valence-electron chi connectivity index (χ4n) is 1.74. The highest BCUT2D eigenvalue weighted by Crippen LogP contribution is 2.22. The molecule has 1 N–H and O–H groups in total. The SMILES string of the molecule is C=C[C@H](O)c1ccc(OS(=O)(=O)c2ccc(C)cc2)cc1. The second-order valence-corrected chi connectivity index (χ2v) is 6.15. The van der Waals surface area contributed by atoms with E-state index in [1.165, 1.54) is 30.3 Å². The number of aryl methyl sites for hydroxylation is 1. The van der Waals surface area contributed by atoms with Gasteiger partial charge >= 0.3 is 10.1 Å². The van der Waals surface area contributed by atoms with Gasteiger partial charge < -0.3 is 9.29 Å². The van der Waals surface area contributed by atoms with E-state index in [0.29, 0.717) is 5.56 Å². The molecular formula is C16H16O4S. The molecule has 0 aliphatic rings. The summed E-state index contributed by atoms with van der Waals surface area (Å²) >= 11 is 0. The first-order valence-electron chi connectivity index (χ1n) is 6.34. The zero-order valence-corrected chi connectivity index (χ0v) is 12.4. The van der Waals surface area contributed by atoms with E-state index in [-0.39, 0.29) is 10.6 Å². The first kappa shape index (κ1) is 15.3. The lowest BCUT2D eigenvalue weighted by Gasteiger charge is -2.09. The van der Waals surface area contributed by atoms with E-state index < -0.39 is 16.2 Å². The van der Waals surface area contributed by atoms with Crippen LogP contribution < -0.4 is 4.18 Å². The monoisotopic (exact) mass is 304 g/mol. The van der Waals surface area contributed by atoms with Crippen LogP contribution in [0.5, 0.6) is 5.75 Å². The molecule has 0 spiro atoms. The van der Waals surface area contributed by atoms with Crippen molar-refractivity contribution in [2.24, 2.45) is 0 Å². The van der Waals surface area contributed by atoms with Crippen LogP contribution in [-0.4, -0.2) is 13.5 Å². The van der Waals surface area contributed by atoms with E-state index in [1.54, 1.807) is 24.3 Å². The van der Waals surface area contributed by atoms with E-state index in [0.717, 1.165) is 5.56 Å². The number of rotatable bonds is 5. The van der Waals surface area contributed by atoms with Crippen LogP contribution in [0.2, 0.25) is 0 Å². The van der Waals surface area contributed by atoms with Gasteiger partial charge in [0.1, 0.15) is 10.6 Å². The smallest absolute Gasteiger partial charge is 0.339 e. The number of aliphatic hydroxyl groups is 1. The zero-order chi connectivity index (χ0) is 15.5. The summed E-state index contributed by atoms with van der Waals surface area (Å²) in [6, 6.07) is 12.6. The van der Waals surface area contributed by atoms with Crippen LogP contribution in [-0.2, 0) is 10.1 Å². The van der Waals surface area contributed by atoms with Gasteiger partial charge in [-0.3, -0.25) is 0 Å². The normalized spacial score (nSPS) is 12.7. The summed E-state index contributed by atoms with van der Waals surface area (Å²) in [5, 5.41) is 9.58. The lowest BCUT2D eigenvalue weighted by molar-refractivity contribution is 0.229. The maximum absolute atomic E-state index is 12.1. The summed E-state index contributed by atoms with van der Waals surface area (Å²) in [5.41, 5.74) is 1.58. The van der Waals surface area contributed by atoms with Gasteiger partial charge in [-0.1, -0.05) is 35.9 Å². The highest BCUT2D eigenvalue weighted by Gasteiger charge is 2.16. The third kappa shape index (κ3) is 3.71. The third-order valence-electron chi connectivity index (χ3n) is 2.96. The minimum absolute atomic E-state index is 0.100. The third-order valence-corrected chi connectivity index (χ3v) is 4.22.